The van der Waals surface area contributed by atoms with Gasteiger partial charge in [0.25, 0.3) is 11.8 Å². The molecular weight excluding hydrogens is 738 g/mol. The number of hydrogen-bond acceptors (Lipinski definition) is 8. The lowest BCUT2D eigenvalue weighted by Crippen LogP contribution is -2.53. The maximum absolute atomic E-state index is 15.3. The molecule has 8 rings (SSSR count). The molecule has 2 N–H and O–H groups in total. The van der Waals surface area contributed by atoms with Crippen molar-refractivity contribution in [1.29, 1.82) is 0 Å². The van der Waals surface area contributed by atoms with Crippen LogP contribution in [0, 0.1) is 30.6 Å². The topological polar surface area (TPSA) is 133 Å². The van der Waals surface area contributed by atoms with Crippen molar-refractivity contribution in [3.05, 3.63) is 129 Å². The zero-order valence-electron chi connectivity index (χ0n) is 29.2. The minimum absolute atomic E-state index is 0.108. The zero-order valence-corrected chi connectivity index (χ0v) is 30.8. The lowest BCUT2D eigenvalue weighted by molar-refractivity contribution is -0.138. The number of aryl methyl sites for hydroxylation is 1. The number of hydrazine groups is 1. The third kappa shape index (κ3) is 5.15. The van der Waals surface area contributed by atoms with Gasteiger partial charge in [-0.1, -0.05) is 75.6 Å². The number of carbonyl (C=O) groups excluding carboxylic acids is 5. The maximum atomic E-state index is 15.3. The number of phenols is 1. The summed E-state index contributed by atoms with van der Waals surface area (Å²) in [7, 11) is 1.44. The van der Waals surface area contributed by atoms with Crippen LogP contribution in [0.4, 0.5) is 11.4 Å². The molecule has 4 aromatic carbocycles. The number of aromatic hydroxyl groups is 1. The van der Waals surface area contributed by atoms with Crippen molar-refractivity contribution in [2.45, 2.75) is 38.0 Å². The number of halogens is 1. The number of amides is 4. The zero-order chi connectivity index (χ0) is 37.3. The second kappa shape index (κ2) is 12.8. The van der Waals surface area contributed by atoms with Gasteiger partial charge in [-0.05, 0) is 86.7 Å². The number of allylic oxidation sites excluding steroid dienone is 2. The average molecular weight is 775 g/mol. The third-order valence-electron chi connectivity index (χ3n) is 11.5. The lowest BCUT2D eigenvalue weighted by atomic mass is 9.49. The van der Waals surface area contributed by atoms with Crippen LogP contribution in [0.1, 0.15) is 52.7 Å². The SMILES string of the molecule is COc1cc(Br)cc([C@H]2C3=CC[C@@H]4C(=O)N(c5ccc(C(C)=O)cc5)C(=O)[C@@H]4[C@@H]3C[C@H]3C(=O)N(Nc4ccc(C)cc4)C(=O)[C@@]23c2ccccc2)c1O. The summed E-state index contributed by atoms with van der Waals surface area (Å²) in [5, 5.41) is 13.0. The van der Waals surface area contributed by atoms with E-state index in [-0.39, 0.29) is 36.0 Å². The van der Waals surface area contributed by atoms with Crippen LogP contribution in [0.2, 0.25) is 0 Å². The molecule has 2 aliphatic heterocycles. The molecule has 53 heavy (non-hydrogen) atoms. The number of hydrogen-bond donors (Lipinski definition) is 2. The van der Waals surface area contributed by atoms with Crippen molar-refractivity contribution in [2.75, 3.05) is 17.4 Å². The van der Waals surface area contributed by atoms with Gasteiger partial charge < -0.3 is 9.84 Å². The Kier molecular flexibility index (Phi) is 8.36. The Morgan fingerprint density at radius 3 is 2.26 bits per heavy atom. The van der Waals surface area contributed by atoms with E-state index in [1.807, 2.05) is 55.5 Å². The van der Waals surface area contributed by atoms with Crippen molar-refractivity contribution < 1.29 is 33.8 Å². The monoisotopic (exact) mass is 773 g/mol. The Morgan fingerprint density at radius 2 is 1.60 bits per heavy atom. The number of anilines is 2. The Hall–Kier alpha value is -5.55. The molecule has 4 aliphatic rings. The molecule has 4 aromatic rings. The van der Waals surface area contributed by atoms with E-state index in [1.165, 1.54) is 18.9 Å². The fourth-order valence-corrected chi connectivity index (χ4v) is 9.62. The van der Waals surface area contributed by atoms with Crippen LogP contribution in [0.5, 0.6) is 11.5 Å². The summed E-state index contributed by atoms with van der Waals surface area (Å²) in [6.07, 6.45) is 2.26. The van der Waals surface area contributed by atoms with E-state index in [9.17, 15) is 24.3 Å². The number of fused-ring (bicyclic) bond motifs is 4. The van der Waals surface area contributed by atoms with Gasteiger partial charge in [0.15, 0.2) is 17.3 Å². The Morgan fingerprint density at radius 1 is 0.906 bits per heavy atom. The minimum atomic E-state index is -1.55. The smallest absolute Gasteiger partial charge is 0.260 e. The molecule has 0 unspecified atom stereocenters. The van der Waals surface area contributed by atoms with E-state index in [2.05, 4.69) is 21.4 Å². The number of ketones is 1. The number of methoxy groups -OCH3 is 1. The highest BCUT2D eigenvalue weighted by atomic mass is 79.9. The highest BCUT2D eigenvalue weighted by Crippen LogP contribution is 2.65. The van der Waals surface area contributed by atoms with Crippen molar-refractivity contribution >= 4 is 56.7 Å². The summed E-state index contributed by atoms with van der Waals surface area (Å²) >= 11 is 3.58. The minimum Gasteiger partial charge on any atom is -0.504 e. The standard InChI is InChI=1S/C42H36BrN3O7/c1-22-9-13-27(14-10-22)44-46-39(50)33-21-31-29(17-18-30-35(31)40(51)45(38(30)49)28-15-11-24(12-16-28)23(2)47)36(32-19-26(43)20-34(53-3)37(32)48)42(33,41(46)52)25-7-5-4-6-8-25/h4-17,19-20,30-31,33,35-36,44,48H,18,21H2,1-3H3/t30-,31+,33-,35-,36+,42+/m0/s1. The molecule has 2 aliphatic carbocycles. The molecule has 1 saturated carbocycles. The van der Waals surface area contributed by atoms with Gasteiger partial charge >= 0.3 is 0 Å². The molecule has 3 fully saturated rings. The van der Waals surface area contributed by atoms with Gasteiger partial charge in [0.2, 0.25) is 11.8 Å². The van der Waals surface area contributed by atoms with Crippen LogP contribution < -0.4 is 15.1 Å². The summed E-state index contributed by atoms with van der Waals surface area (Å²) in [5.41, 5.74) is 5.55. The number of Topliss-reactive ketones (excluding diaryl/α,β-unsaturated/α-hetero) is 1. The third-order valence-corrected chi connectivity index (χ3v) is 12.0. The number of ether oxygens (including phenoxy) is 1. The largest absolute Gasteiger partial charge is 0.504 e. The second-order valence-corrected chi connectivity index (χ2v) is 15.2. The molecule has 2 heterocycles. The van der Waals surface area contributed by atoms with E-state index in [0.717, 1.165) is 10.6 Å². The number of nitrogens with zero attached hydrogens (tertiary/aromatic N) is 2. The number of nitrogens with one attached hydrogen (secondary N) is 1. The highest BCUT2D eigenvalue weighted by Gasteiger charge is 2.70. The highest BCUT2D eigenvalue weighted by molar-refractivity contribution is 9.10. The molecule has 0 radical (unpaired) electrons. The fourth-order valence-electron chi connectivity index (χ4n) is 9.16. The molecule has 0 spiro atoms. The Balaban J connectivity index is 1.32. The first kappa shape index (κ1) is 34.5. The van der Waals surface area contributed by atoms with Crippen LogP contribution in [-0.4, -0.2) is 46.6 Å². The second-order valence-electron chi connectivity index (χ2n) is 14.3. The molecular formula is C42H36BrN3O7. The first-order chi connectivity index (χ1) is 25.5. The molecule has 2 saturated heterocycles. The van der Waals surface area contributed by atoms with Crippen LogP contribution in [0.3, 0.4) is 0 Å². The summed E-state index contributed by atoms with van der Waals surface area (Å²) in [6.45, 7) is 3.39. The van der Waals surface area contributed by atoms with E-state index < -0.39 is 52.7 Å². The number of rotatable bonds is 7. The maximum Gasteiger partial charge on any atom is 0.260 e. The van der Waals surface area contributed by atoms with Gasteiger partial charge in [-0.2, -0.15) is 5.01 Å². The Bertz CT molecular complexity index is 2240. The fraction of sp³-hybridized carbons (Fsp3) is 0.262. The molecule has 10 nitrogen and oxygen atoms in total. The van der Waals surface area contributed by atoms with Crippen molar-refractivity contribution in [2.24, 2.45) is 23.7 Å². The number of phenolic OH excluding ortho intramolecular Hbond substituents is 1. The summed E-state index contributed by atoms with van der Waals surface area (Å²) < 4.78 is 6.17. The Labute approximate surface area is 314 Å². The van der Waals surface area contributed by atoms with Crippen LogP contribution in [0.25, 0.3) is 0 Å². The van der Waals surface area contributed by atoms with Crippen molar-refractivity contribution in [3.8, 4) is 11.5 Å². The quantitative estimate of drug-likeness (QED) is 0.118. The van der Waals surface area contributed by atoms with Crippen molar-refractivity contribution in [3.63, 3.8) is 0 Å². The summed E-state index contributed by atoms with van der Waals surface area (Å²) in [6, 6.07) is 26.2. The van der Waals surface area contributed by atoms with Gasteiger partial charge in [-0.15, -0.1) is 0 Å². The van der Waals surface area contributed by atoms with Crippen LogP contribution >= 0.6 is 15.9 Å². The summed E-state index contributed by atoms with van der Waals surface area (Å²) in [4.78, 5) is 72.0. The molecule has 268 valence electrons. The van der Waals surface area contributed by atoms with Gasteiger partial charge in [0.05, 0.1) is 41.7 Å². The average Bonchev–Trinajstić information content (AvgIpc) is 3.54. The first-order valence-electron chi connectivity index (χ1n) is 17.5. The molecule has 4 amide bonds. The lowest BCUT2D eigenvalue weighted by Gasteiger charge is -2.50. The molecule has 11 heteroatoms. The van der Waals surface area contributed by atoms with Crippen LogP contribution in [0.15, 0.2) is 107 Å². The number of imide groups is 2. The molecule has 6 atom stereocenters. The number of benzene rings is 4. The summed E-state index contributed by atoms with van der Waals surface area (Å²) in [5.74, 6) is -5.96. The first-order valence-corrected chi connectivity index (χ1v) is 18.3. The van der Waals surface area contributed by atoms with E-state index in [0.29, 0.717) is 38.1 Å². The van der Waals surface area contributed by atoms with E-state index >= 15 is 4.79 Å². The predicted octanol–water partition coefficient (Wildman–Crippen LogP) is 6.86. The number of carbonyl (C=O) groups is 5. The molecule has 0 aromatic heterocycles. The predicted molar refractivity (Wildman–Crippen MR) is 200 cm³/mol. The van der Waals surface area contributed by atoms with Crippen LogP contribution in [-0.2, 0) is 24.6 Å². The van der Waals surface area contributed by atoms with Crippen molar-refractivity contribution in [1.82, 2.24) is 5.01 Å². The van der Waals surface area contributed by atoms with E-state index in [4.69, 9.17) is 4.74 Å². The van der Waals surface area contributed by atoms with Gasteiger partial charge in [0, 0.05) is 21.5 Å². The normalized spacial score (nSPS) is 26.2. The van der Waals surface area contributed by atoms with Gasteiger partial charge in [-0.3, -0.25) is 34.3 Å². The van der Waals surface area contributed by atoms with E-state index in [1.54, 1.807) is 48.5 Å². The van der Waals surface area contributed by atoms with Gasteiger partial charge in [-0.25, -0.2) is 0 Å². The van der Waals surface area contributed by atoms with Gasteiger partial charge in [0.1, 0.15) is 0 Å². The molecule has 0 bridgehead atoms.